The van der Waals surface area contributed by atoms with Gasteiger partial charge in [-0.05, 0) is 18.6 Å². The van der Waals surface area contributed by atoms with Crippen LogP contribution in [0.1, 0.15) is 11.1 Å². The lowest BCUT2D eigenvalue weighted by Gasteiger charge is -2.06. The van der Waals surface area contributed by atoms with Crippen LogP contribution in [0.4, 0.5) is 0 Å². The first-order chi connectivity index (χ1) is 12.0. The van der Waals surface area contributed by atoms with Crippen molar-refractivity contribution >= 4 is 43.3 Å². The summed E-state index contributed by atoms with van der Waals surface area (Å²) in [5.41, 5.74) is 3.67. The average Bonchev–Trinajstić information content (AvgIpc) is 3.10. The minimum atomic E-state index is -1.03. The number of rotatable bonds is 3. The highest BCUT2D eigenvalue weighted by atomic mass is 32.2. The molecule has 5 nitrogen and oxygen atoms in total. The van der Waals surface area contributed by atoms with E-state index in [4.69, 9.17) is 0 Å². The van der Waals surface area contributed by atoms with Crippen LogP contribution in [0.15, 0.2) is 45.5 Å². The summed E-state index contributed by atoms with van der Waals surface area (Å²) in [5, 5.41) is 5.19. The molecule has 0 aliphatic carbocycles. The molecule has 0 bridgehead atoms. The van der Waals surface area contributed by atoms with E-state index in [1.54, 1.807) is 12.5 Å². The Labute approximate surface area is 151 Å². The Morgan fingerprint density at radius 2 is 2.08 bits per heavy atom. The first-order valence-electron chi connectivity index (χ1n) is 7.82. The van der Waals surface area contributed by atoms with Gasteiger partial charge >= 0.3 is 0 Å². The summed E-state index contributed by atoms with van der Waals surface area (Å²) in [5.74, 6) is 0. The van der Waals surface area contributed by atoms with E-state index in [2.05, 4.69) is 11.2 Å². The predicted molar refractivity (Wildman–Crippen MR) is 103 cm³/mol. The van der Waals surface area contributed by atoms with Gasteiger partial charge in [-0.15, -0.1) is 11.3 Å². The Kier molecular flexibility index (Phi) is 3.85. The molecule has 1 unspecified atom stereocenters. The van der Waals surface area contributed by atoms with E-state index >= 15 is 0 Å². The monoisotopic (exact) mass is 371 g/mol. The second kappa shape index (κ2) is 5.93. The van der Waals surface area contributed by atoms with Gasteiger partial charge in [-0.25, -0.2) is 4.68 Å². The van der Waals surface area contributed by atoms with Crippen molar-refractivity contribution in [1.82, 2.24) is 14.3 Å². The topological polar surface area (TPSA) is 56.9 Å². The maximum absolute atomic E-state index is 12.9. The number of aryl methyl sites for hydroxylation is 2. The number of aromatic nitrogens is 3. The van der Waals surface area contributed by atoms with Gasteiger partial charge in [-0.1, -0.05) is 29.8 Å². The Morgan fingerprint density at radius 1 is 1.28 bits per heavy atom. The van der Waals surface area contributed by atoms with Gasteiger partial charge in [-0.2, -0.15) is 5.10 Å². The Bertz CT molecular complexity index is 1200. The van der Waals surface area contributed by atoms with E-state index < -0.39 is 10.8 Å². The molecule has 25 heavy (non-hydrogen) atoms. The Balaban J connectivity index is 1.89. The van der Waals surface area contributed by atoms with Gasteiger partial charge in [0.25, 0.3) is 5.56 Å². The van der Waals surface area contributed by atoms with E-state index in [0.29, 0.717) is 12.1 Å². The zero-order chi connectivity index (χ0) is 17.7. The standard InChI is InChI=1S/C18H17N3O2S2/c1-11-5-4-6-12(7-11)10-21-18(22)16-13(9-19-21)17-14(20(16)2)8-15(24-17)25(3)23/h4-9H,10H2,1-3H3. The van der Waals surface area contributed by atoms with Crippen LogP contribution in [0.3, 0.4) is 0 Å². The van der Waals surface area contributed by atoms with Crippen molar-refractivity contribution in [3.8, 4) is 0 Å². The number of thiophene rings is 1. The molecule has 0 aliphatic heterocycles. The van der Waals surface area contributed by atoms with Crippen LogP contribution in [-0.4, -0.2) is 24.8 Å². The number of nitrogens with zero attached hydrogens (tertiary/aromatic N) is 3. The van der Waals surface area contributed by atoms with Gasteiger partial charge in [0.1, 0.15) is 5.52 Å². The molecule has 0 aliphatic rings. The van der Waals surface area contributed by atoms with E-state index in [1.807, 2.05) is 42.8 Å². The summed E-state index contributed by atoms with van der Waals surface area (Å²) in [6.45, 7) is 2.48. The summed E-state index contributed by atoms with van der Waals surface area (Å²) in [6, 6.07) is 9.98. The van der Waals surface area contributed by atoms with Crippen molar-refractivity contribution in [1.29, 1.82) is 0 Å². The molecule has 0 radical (unpaired) electrons. The van der Waals surface area contributed by atoms with Crippen molar-refractivity contribution in [2.24, 2.45) is 7.05 Å². The molecule has 0 N–H and O–H groups in total. The lowest BCUT2D eigenvalue weighted by molar-refractivity contribution is 0.644. The molecule has 1 aromatic carbocycles. The molecular weight excluding hydrogens is 354 g/mol. The van der Waals surface area contributed by atoms with Crippen LogP contribution in [0.2, 0.25) is 0 Å². The van der Waals surface area contributed by atoms with Crippen LogP contribution in [-0.2, 0) is 24.4 Å². The molecule has 0 saturated carbocycles. The molecule has 4 rings (SSSR count). The summed E-state index contributed by atoms with van der Waals surface area (Å²) in [4.78, 5) is 12.9. The highest BCUT2D eigenvalue weighted by Gasteiger charge is 2.17. The molecule has 0 spiro atoms. The maximum atomic E-state index is 12.9. The molecule has 3 heterocycles. The molecule has 4 aromatic rings. The zero-order valence-electron chi connectivity index (χ0n) is 14.1. The van der Waals surface area contributed by atoms with Crippen LogP contribution >= 0.6 is 11.3 Å². The lowest BCUT2D eigenvalue weighted by Crippen LogP contribution is -2.24. The molecule has 0 amide bonds. The predicted octanol–water partition coefficient (Wildman–Crippen LogP) is 3.04. The average molecular weight is 371 g/mol. The van der Waals surface area contributed by atoms with Gasteiger partial charge in [0.15, 0.2) is 0 Å². The molecule has 0 fully saturated rings. The summed E-state index contributed by atoms with van der Waals surface area (Å²) < 4.78 is 16.9. The zero-order valence-corrected chi connectivity index (χ0v) is 15.8. The summed E-state index contributed by atoms with van der Waals surface area (Å²) in [6.07, 6.45) is 3.41. The van der Waals surface area contributed by atoms with Crippen molar-refractivity contribution in [3.05, 3.63) is 58.0 Å². The molecule has 7 heteroatoms. The van der Waals surface area contributed by atoms with Crippen molar-refractivity contribution in [2.45, 2.75) is 17.7 Å². The van der Waals surface area contributed by atoms with Crippen molar-refractivity contribution in [3.63, 3.8) is 0 Å². The number of hydrogen-bond donors (Lipinski definition) is 0. The quantitative estimate of drug-likeness (QED) is 0.556. The first kappa shape index (κ1) is 16.2. The molecular formula is C18H17N3O2S2. The van der Waals surface area contributed by atoms with E-state index in [1.165, 1.54) is 16.0 Å². The number of hydrogen-bond acceptors (Lipinski definition) is 4. The normalized spacial score (nSPS) is 12.9. The SMILES string of the molecule is Cc1cccc(Cn2ncc3c4sc(S(C)=O)cc4n(C)c3c2=O)c1. The minimum Gasteiger partial charge on any atom is -0.338 e. The van der Waals surface area contributed by atoms with Crippen molar-refractivity contribution < 1.29 is 4.21 Å². The second-order valence-electron chi connectivity index (χ2n) is 6.15. The fourth-order valence-corrected chi connectivity index (χ4v) is 5.06. The summed E-state index contributed by atoms with van der Waals surface area (Å²) >= 11 is 1.47. The van der Waals surface area contributed by atoms with Crippen LogP contribution in [0.5, 0.6) is 0 Å². The van der Waals surface area contributed by atoms with Gasteiger partial charge in [0.2, 0.25) is 0 Å². The van der Waals surface area contributed by atoms with Crippen LogP contribution in [0, 0.1) is 6.92 Å². The highest BCUT2D eigenvalue weighted by molar-refractivity contribution is 7.86. The minimum absolute atomic E-state index is 0.107. The van der Waals surface area contributed by atoms with Gasteiger partial charge in [0.05, 0.1) is 38.0 Å². The molecule has 128 valence electrons. The van der Waals surface area contributed by atoms with Crippen molar-refractivity contribution in [2.75, 3.05) is 6.26 Å². The smallest absolute Gasteiger partial charge is 0.291 e. The first-order valence-corrected chi connectivity index (χ1v) is 10.2. The third kappa shape index (κ3) is 2.63. The van der Waals surface area contributed by atoms with E-state index in [9.17, 15) is 9.00 Å². The van der Waals surface area contributed by atoms with Gasteiger partial charge in [0, 0.05) is 18.7 Å². The van der Waals surface area contributed by atoms with Gasteiger partial charge in [-0.3, -0.25) is 9.00 Å². The van der Waals surface area contributed by atoms with E-state index in [-0.39, 0.29) is 5.56 Å². The lowest BCUT2D eigenvalue weighted by atomic mass is 10.1. The van der Waals surface area contributed by atoms with Crippen LogP contribution in [0.25, 0.3) is 21.1 Å². The second-order valence-corrected chi connectivity index (χ2v) is 8.81. The number of fused-ring (bicyclic) bond motifs is 3. The third-order valence-corrected chi connectivity index (χ3v) is 6.94. The summed E-state index contributed by atoms with van der Waals surface area (Å²) in [7, 11) is 0.845. The fourth-order valence-electron chi connectivity index (χ4n) is 3.13. The molecule has 0 saturated heterocycles. The third-order valence-electron chi connectivity index (χ3n) is 4.35. The Morgan fingerprint density at radius 3 is 2.80 bits per heavy atom. The Hall–Kier alpha value is -2.25. The van der Waals surface area contributed by atoms with Gasteiger partial charge < -0.3 is 4.57 Å². The van der Waals surface area contributed by atoms with Crippen LogP contribution < -0.4 is 5.56 Å². The van der Waals surface area contributed by atoms with E-state index in [0.717, 1.165) is 30.9 Å². The highest BCUT2D eigenvalue weighted by Crippen LogP contribution is 2.34. The fraction of sp³-hybridized carbons (Fsp3) is 0.222. The maximum Gasteiger partial charge on any atom is 0.291 e. The largest absolute Gasteiger partial charge is 0.338 e. The molecule has 3 aromatic heterocycles. The molecule has 1 atom stereocenters. The number of benzene rings is 1.